The van der Waals surface area contributed by atoms with Crippen LogP contribution in [0, 0.1) is 11.3 Å². The lowest BCUT2D eigenvalue weighted by atomic mass is 10.0. The van der Waals surface area contributed by atoms with Gasteiger partial charge in [0, 0.05) is 17.4 Å². The van der Waals surface area contributed by atoms with E-state index in [0.29, 0.717) is 34.5 Å². The number of benzene rings is 2. The van der Waals surface area contributed by atoms with E-state index in [1.54, 1.807) is 0 Å². The quantitative estimate of drug-likeness (QED) is 0.598. The van der Waals surface area contributed by atoms with Crippen LogP contribution in [0.2, 0.25) is 0 Å². The van der Waals surface area contributed by atoms with Crippen molar-refractivity contribution in [3.8, 4) is 6.07 Å². The molecule has 0 fully saturated rings. The van der Waals surface area contributed by atoms with Crippen molar-refractivity contribution >= 4 is 17.6 Å². The Bertz CT molecular complexity index is 1230. The number of hydrogen-bond donors (Lipinski definition) is 2. The molecule has 0 saturated heterocycles. The number of nitrogens with one attached hydrogen (secondary N) is 2. The molecule has 0 radical (unpaired) electrons. The Morgan fingerprint density at radius 2 is 1.90 bits per heavy atom. The summed E-state index contributed by atoms with van der Waals surface area (Å²) in [6.07, 6.45) is 0.534. The van der Waals surface area contributed by atoms with Crippen LogP contribution in [0.15, 0.2) is 87.9 Å². The maximum absolute atomic E-state index is 12.2. The van der Waals surface area contributed by atoms with Crippen molar-refractivity contribution in [1.82, 2.24) is 10.5 Å². The van der Waals surface area contributed by atoms with E-state index in [-0.39, 0.29) is 5.56 Å². The Kier molecular flexibility index (Phi) is 5.68. The number of aliphatic imine (C=N–C) groups is 1. The number of pyridine rings is 1. The van der Waals surface area contributed by atoms with Crippen LogP contribution in [0.5, 0.6) is 0 Å². The van der Waals surface area contributed by atoms with E-state index in [1.807, 2.05) is 54.6 Å². The molecule has 1 aromatic heterocycles. The van der Waals surface area contributed by atoms with Crippen LogP contribution < -0.4 is 11.0 Å². The zero-order valence-electron chi connectivity index (χ0n) is 16.0. The fraction of sp³-hybridized carbons (Fsp3) is 0.0870. The first-order valence-electron chi connectivity index (χ1n) is 9.25. The Balaban J connectivity index is 1.57. The molecule has 2 N–H and O–H groups in total. The lowest BCUT2D eigenvalue weighted by Crippen LogP contribution is -2.17. The van der Waals surface area contributed by atoms with E-state index in [2.05, 4.69) is 28.1 Å². The van der Waals surface area contributed by atoms with Crippen molar-refractivity contribution in [3.63, 3.8) is 0 Å². The summed E-state index contributed by atoms with van der Waals surface area (Å²) in [6.45, 7) is 3.65. The SMILES string of the molecule is C=C1N=C(c2cccc(CSc3[nH]c(=O)cc(Cc4ccccc4)c3C#N)c2)NO1. The summed E-state index contributed by atoms with van der Waals surface area (Å²) in [7, 11) is 0. The van der Waals surface area contributed by atoms with Gasteiger partial charge in [-0.05, 0) is 35.8 Å². The van der Waals surface area contributed by atoms with Crippen LogP contribution in [0.3, 0.4) is 0 Å². The Morgan fingerprint density at radius 1 is 1.10 bits per heavy atom. The minimum Gasteiger partial charge on any atom is -0.361 e. The number of rotatable bonds is 6. The van der Waals surface area contributed by atoms with Crippen LogP contribution in [0.1, 0.15) is 27.8 Å². The summed E-state index contributed by atoms with van der Waals surface area (Å²) in [5.41, 5.74) is 6.70. The summed E-state index contributed by atoms with van der Waals surface area (Å²) < 4.78 is 0. The molecule has 7 heteroatoms. The number of aromatic nitrogens is 1. The van der Waals surface area contributed by atoms with Gasteiger partial charge in [0.1, 0.15) is 6.07 Å². The average molecular weight is 414 g/mol. The Labute approximate surface area is 177 Å². The number of thioether (sulfide) groups is 1. The molecule has 3 aromatic rings. The number of nitriles is 1. The molecule has 0 atom stereocenters. The van der Waals surface area contributed by atoms with E-state index in [0.717, 1.165) is 22.3 Å². The first-order chi connectivity index (χ1) is 14.6. The number of nitrogens with zero attached hydrogens (tertiary/aromatic N) is 2. The van der Waals surface area contributed by atoms with E-state index >= 15 is 0 Å². The predicted octanol–water partition coefficient (Wildman–Crippen LogP) is 3.88. The number of aromatic amines is 1. The maximum Gasteiger partial charge on any atom is 0.249 e. The van der Waals surface area contributed by atoms with Crippen LogP contribution in [0.25, 0.3) is 0 Å². The normalized spacial score (nSPS) is 12.6. The first kappa shape index (κ1) is 19.6. The second-order valence-corrected chi connectivity index (χ2v) is 7.67. The molecule has 1 aliphatic heterocycles. The summed E-state index contributed by atoms with van der Waals surface area (Å²) in [6, 6.07) is 21.4. The third-order valence-corrected chi connectivity index (χ3v) is 5.60. The van der Waals surface area contributed by atoms with E-state index in [4.69, 9.17) is 4.84 Å². The minimum absolute atomic E-state index is 0.212. The van der Waals surface area contributed by atoms with Crippen molar-refractivity contribution < 1.29 is 4.84 Å². The Morgan fingerprint density at radius 3 is 2.63 bits per heavy atom. The van der Waals surface area contributed by atoms with Crippen molar-refractivity contribution in [2.45, 2.75) is 17.2 Å². The highest BCUT2D eigenvalue weighted by Crippen LogP contribution is 2.26. The number of hydroxylamine groups is 1. The van der Waals surface area contributed by atoms with Gasteiger partial charge < -0.3 is 9.82 Å². The molecule has 2 heterocycles. The molecule has 0 aliphatic carbocycles. The van der Waals surface area contributed by atoms with E-state index < -0.39 is 0 Å². The molecule has 0 saturated carbocycles. The van der Waals surface area contributed by atoms with Gasteiger partial charge in [0.05, 0.1) is 10.6 Å². The molecule has 0 bridgehead atoms. The number of H-pyrrole nitrogens is 1. The molecule has 6 nitrogen and oxygen atoms in total. The largest absolute Gasteiger partial charge is 0.361 e. The van der Waals surface area contributed by atoms with Gasteiger partial charge in [0.25, 0.3) is 0 Å². The number of hydrogen-bond acceptors (Lipinski definition) is 6. The van der Waals surface area contributed by atoms with Crippen molar-refractivity contribution in [1.29, 1.82) is 5.26 Å². The monoisotopic (exact) mass is 414 g/mol. The zero-order chi connectivity index (χ0) is 20.9. The zero-order valence-corrected chi connectivity index (χ0v) is 16.8. The van der Waals surface area contributed by atoms with Gasteiger partial charge in [-0.15, -0.1) is 11.8 Å². The van der Waals surface area contributed by atoms with Crippen LogP contribution >= 0.6 is 11.8 Å². The fourth-order valence-corrected chi connectivity index (χ4v) is 4.12. The summed E-state index contributed by atoms with van der Waals surface area (Å²) in [5, 5.41) is 10.3. The van der Waals surface area contributed by atoms with Crippen molar-refractivity contribution in [2.75, 3.05) is 0 Å². The van der Waals surface area contributed by atoms with Gasteiger partial charge in [-0.3, -0.25) is 4.79 Å². The second-order valence-electron chi connectivity index (χ2n) is 6.68. The molecule has 0 spiro atoms. The lowest BCUT2D eigenvalue weighted by Gasteiger charge is -2.10. The highest BCUT2D eigenvalue weighted by molar-refractivity contribution is 7.98. The van der Waals surface area contributed by atoms with Gasteiger partial charge in [-0.25, -0.2) is 5.48 Å². The molecule has 0 unspecified atom stereocenters. The van der Waals surface area contributed by atoms with Gasteiger partial charge in [0.2, 0.25) is 11.4 Å². The fourth-order valence-electron chi connectivity index (χ4n) is 3.14. The maximum atomic E-state index is 12.2. The molecule has 30 heavy (non-hydrogen) atoms. The van der Waals surface area contributed by atoms with E-state index in [9.17, 15) is 10.1 Å². The first-order valence-corrected chi connectivity index (χ1v) is 10.2. The van der Waals surface area contributed by atoms with Crippen molar-refractivity contribution in [2.24, 2.45) is 4.99 Å². The van der Waals surface area contributed by atoms with Gasteiger partial charge in [0.15, 0.2) is 5.84 Å². The van der Waals surface area contributed by atoms with Gasteiger partial charge in [-0.2, -0.15) is 10.3 Å². The molecule has 1 aliphatic rings. The Hall–Kier alpha value is -3.76. The molecule has 0 amide bonds. The minimum atomic E-state index is -0.212. The third-order valence-electron chi connectivity index (χ3n) is 4.53. The van der Waals surface area contributed by atoms with Gasteiger partial charge >= 0.3 is 0 Å². The molecular weight excluding hydrogens is 396 g/mol. The molecular formula is C23H18N4O2S. The highest BCUT2D eigenvalue weighted by atomic mass is 32.2. The summed E-state index contributed by atoms with van der Waals surface area (Å²) in [5.74, 6) is 1.50. The molecule has 2 aromatic carbocycles. The topological polar surface area (TPSA) is 90.3 Å². The summed E-state index contributed by atoms with van der Waals surface area (Å²) >= 11 is 1.43. The number of amidine groups is 1. The van der Waals surface area contributed by atoms with Gasteiger partial charge in [-0.1, -0.05) is 48.5 Å². The van der Waals surface area contributed by atoms with Crippen LogP contribution in [0.4, 0.5) is 0 Å². The van der Waals surface area contributed by atoms with E-state index in [1.165, 1.54) is 17.8 Å². The van der Waals surface area contributed by atoms with Crippen LogP contribution in [-0.2, 0) is 17.0 Å². The van der Waals surface area contributed by atoms with Crippen molar-refractivity contribution in [3.05, 3.63) is 111 Å². The summed E-state index contributed by atoms with van der Waals surface area (Å²) in [4.78, 5) is 24.3. The predicted molar refractivity (Wildman–Crippen MR) is 117 cm³/mol. The third kappa shape index (κ3) is 4.45. The standard InChI is InChI=1S/C23H18N4O2S/c1-15-25-22(27-29-15)18-9-5-8-17(11-18)14-30-23-20(13-24)19(12-21(28)26-23)10-16-6-3-2-4-7-16/h2-9,11-12H,1,10,14H2,(H,25,27)(H,26,28). The van der Waals surface area contributed by atoms with Crippen LogP contribution in [-0.4, -0.2) is 10.8 Å². The second kappa shape index (κ2) is 8.72. The lowest BCUT2D eigenvalue weighted by molar-refractivity contribution is 0.179. The molecule has 4 rings (SSSR count). The molecule has 148 valence electrons. The smallest absolute Gasteiger partial charge is 0.249 e. The average Bonchev–Trinajstić information content (AvgIpc) is 3.19. The highest BCUT2D eigenvalue weighted by Gasteiger charge is 2.14.